The van der Waals surface area contributed by atoms with Crippen molar-refractivity contribution in [2.24, 2.45) is 0 Å². The maximum absolute atomic E-state index is 12.3. The molecule has 0 spiro atoms. The van der Waals surface area contributed by atoms with E-state index in [-0.39, 0.29) is 28.9 Å². The largest absolute Gasteiger partial charge is 0.497 e. The monoisotopic (exact) mass is 364 g/mol. The molecule has 0 saturated carbocycles. The van der Waals surface area contributed by atoms with E-state index in [1.165, 1.54) is 12.1 Å². The van der Waals surface area contributed by atoms with E-state index in [2.05, 4.69) is 5.32 Å². The number of nitrogens with zero attached hydrogens (tertiary/aromatic N) is 1. The van der Waals surface area contributed by atoms with Crippen LogP contribution in [0.5, 0.6) is 11.5 Å². The minimum Gasteiger partial charge on any atom is -0.497 e. The summed E-state index contributed by atoms with van der Waals surface area (Å²) in [5, 5.41) is 13.7. The lowest BCUT2D eigenvalue weighted by molar-refractivity contribution is -0.384. The van der Waals surface area contributed by atoms with Crippen molar-refractivity contribution >= 4 is 23.2 Å². The van der Waals surface area contributed by atoms with Crippen LogP contribution in [0.15, 0.2) is 42.5 Å². The minimum absolute atomic E-state index is 0.0483. The number of carbonyl (C=O) groups is 1. The van der Waals surface area contributed by atoms with Crippen LogP contribution in [0.25, 0.3) is 0 Å². The fraction of sp³-hybridized carbons (Fsp3) is 0.235. The number of halogens is 1. The second-order valence-corrected chi connectivity index (χ2v) is 5.69. The molecule has 0 aliphatic rings. The molecule has 0 aliphatic heterocycles. The van der Waals surface area contributed by atoms with Gasteiger partial charge in [-0.25, -0.2) is 0 Å². The molecule has 2 aromatic carbocycles. The lowest BCUT2D eigenvalue weighted by Gasteiger charge is -2.15. The molecular formula is C17H17ClN2O5. The van der Waals surface area contributed by atoms with Gasteiger partial charge in [-0.15, -0.1) is 0 Å². The van der Waals surface area contributed by atoms with E-state index in [1.807, 2.05) is 0 Å². The van der Waals surface area contributed by atoms with Crippen LogP contribution in [0.3, 0.4) is 0 Å². The Hall–Kier alpha value is -2.80. The third kappa shape index (κ3) is 5.09. The molecule has 25 heavy (non-hydrogen) atoms. The van der Waals surface area contributed by atoms with Crippen LogP contribution in [-0.2, 0) is 0 Å². The number of nitrogens with one attached hydrogen (secondary N) is 1. The summed E-state index contributed by atoms with van der Waals surface area (Å²) in [6.07, 6.45) is 0. The Morgan fingerprint density at radius 3 is 2.48 bits per heavy atom. The highest BCUT2D eigenvalue weighted by Crippen LogP contribution is 2.22. The van der Waals surface area contributed by atoms with Gasteiger partial charge in [0, 0.05) is 12.1 Å². The lowest BCUT2D eigenvalue weighted by atomic mass is 10.1. The zero-order valence-electron chi connectivity index (χ0n) is 13.7. The van der Waals surface area contributed by atoms with Crippen molar-refractivity contribution in [3.8, 4) is 11.5 Å². The molecule has 2 rings (SSSR count). The van der Waals surface area contributed by atoms with Crippen molar-refractivity contribution in [1.29, 1.82) is 0 Å². The molecule has 0 bridgehead atoms. The highest BCUT2D eigenvalue weighted by atomic mass is 35.5. The SMILES string of the molecule is COc1ccc(OCC(C)NC(=O)c2cc([N+](=O)[O-])ccc2Cl)cc1. The second-order valence-electron chi connectivity index (χ2n) is 5.28. The smallest absolute Gasteiger partial charge is 0.270 e. The highest BCUT2D eigenvalue weighted by molar-refractivity contribution is 6.33. The Morgan fingerprint density at radius 2 is 1.88 bits per heavy atom. The summed E-state index contributed by atoms with van der Waals surface area (Å²) in [5.74, 6) is 0.851. The van der Waals surface area contributed by atoms with Gasteiger partial charge in [-0.1, -0.05) is 11.6 Å². The summed E-state index contributed by atoms with van der Waals surface area (Å²) < 4.78 is 10.6. The molecule has 2 aromatic rings. The Kier molecular flexibility index (Phi) is 6.19. The van der Waals surface area contributed by atoms with Crippen molar-refractivity contribution in [3.05, 3.63) is 63.2 Å². The average Bonchev–Trinajstić information content (AvgIpc) is 2.60. The van der Waals surface area contributed by atoms with Gasteiger partial charge in [0.2, 0.25) is 0 Å². The van der Waals surface area contributed by atoms with Crippen LogP contribution in [0.2, 0.25) is 5.02 Å². The molecule has 1 N–H and O–H groups in total. The normalized spacial score (nSPS) is 11.5. The Balaban J connectivity index is 1.95. The number of carbonyl (C=O) groups excluding carboxylic acids is 1. The number of ether oxygens (including phenoxy) is 2. The summed E-state index contributed by atoms with van der Waals surface area (Å²) in [4.78, 5) is 22.5. The van der Waals surface area contributed by atoms with E-state index in [4.69, 9.17) is 21.1 Å². The molecule has 0 saturated heterocycles. The fourth-order valence-electron chi connectivity index (χ4n) is 2.04. The number of hydrogen-bond acceptors (Lipinski definition) is 5. The Morgan fingerprint density at radius 1 is 1.24 bits per heavy atom. The third-order valence-electron chi connectivity index (χ3n) is 3.34. The van der Waals surface area contributed by atoms with Crippen molar-refractivity contribution < 1.29 is 19.2 Å². The second kappa shape index (κ2) is 8.34. The van der Waals surface area contributed by atoms with Crippen LogP contribution in [0, 0.1) is 10.1 Å². The van der Waals surface area contributed by atoms with E-state index < -0.39 is 10.8 Å². The van der Waals surface area contributed by atoms with Gasteiger partial charge in [-0.3, -0.25) is 14.9 Å². The van der Waals surface area contributed by atoms with Crippen LogP contribution < -0.4 is 14.8 Å². The summed E-state index contributed by atoms with van der Waals surface area (Å²) in [6, 6.07) is 10.4. The molecule has 1 unspecified atom stereocenters. The van der Waals surface area contributed by atoms with Gasteiger partial charge in [0.1, 0.15) is 18.1 Å². The number of hydrogen-bond donors (Lipinski definition) is 1. The Bertz CT molecular complexity index is 764. The number of non-ortho nitro benzene ring substituents is 1. The molecule has 0 aliphatic carbocycles. The molecule has 0 fully saturated rings. The number of amides is 1. The number of rotatable bonds is 7. The summed E-state index contributed by atoms with van der Waals surface area (Å²) in [7, 11) is 1.58. The van der Waals surface area contributed by atoms with E-state index in [9.17, 15) is 14.9 Å². The summed E-state index contributed by atoms with van der Waals surface area (Å²) in [5.41, 5.74) is -0.149. The fourth-order valence-corrected chi connectivity index (χ4v) is 2.24. The van der Waals surface area contributed by atoms with Gasteiger partial charge in [-0.05, 0) is 37.3 Å². The van der Waals surface area contributed by atoms with E-state index in [0.29, 0.717) is 11.5 Å². The summed E-state index contributed by atoms with van der Waals surface area (Å²) >= 11 is 5.95. The van der Waals surface area contributed by atoms with Crippen molar-refractivity contribution in [1.82, 2.24) is 5.32 Å². The van der Waals surface area contributed by atoms with Crippen LogP contribution in [0.1, 0.15) is 17.3 Å². The minimum atomic E-state index is -0.580. The first-order valence-corrected chi connectivity index (χ1v) is 7.80. The molecule has 132 valence electrons. The van der Waals surface area contributed by atoms with E-state index >= 15 is 0 Å². The van der Waals surface area contributed by atoms with Gasteiger partial charge >= 0.3 is 0 Å². The lowest BCUT2D eigenvalue weighted by Crippen LogP contribution is -2.36. The van der Waals surface area contributed by atoms with E-state index in [0.717, 1.165) is 6.07 Å². The molecule has 7 nitrogen and oxygen atoms in total. The predicted octanol–water partition coefficient (Wildman–Crippen LogP) is 3.45. The summed E-state index contributed by atoms with van der Waals surface area (Å²) in [6.45, 7) is 1.98. The first kappa shape index (κ1) is 18.5. The van der Waals surface area contributed by atoms with Gasteiger partial charge in [0.15, 0.2) is 0 Å². The van der Waals surface area contributed by atoms with Crippen molar-refractivity contribution in [2.75, 3.05) is 13.7 Å². The first-order chi connectivity index (χ1) is 11.9. The standard InChI is InChI=1S/C17H17ClN2O5/c1-11(10-25-14-6-4-13(24-2)5-7-14)19-17(21)15-9-12(20(22)23)3-8-16(15)18/h3-9,11H,10H2,1-2H3,(H,19,21). The van der Waals surface area contributed by atoms with Crippen LogP contribution in [-0.4, -0.2) is 30.6 Å². The first-order valence-electron chi connectivity index (χ1n) is 7.42. The molecular weight excluding hydrogens is 348 g/mol. The molecule has 8 heteroatoms. The third-order valence-corrected chi connectivity index (χ3v) is 3.67. The maximum Gasteiger partial charge on any atom is 0.270 e. The van der Waals surface area contributed by atoms with E-state index in [1.54, 1.807) is 38.3 Å². The van der Waals surface area contributed by atoms with Gasteiger partial charge in [-0.2, -0.15) is 0 Å². The zero-order valence-corrected chi connectivity index (χ0v) is 14.4. The van der Waals surface area contributed by atoms with Crippen molar-refractivity contribution in [3.63, 3.8) is 0 Å². The number of benzene rings is 2. The number of methoxy groups -OCH3 is 1. The zero-order chi connectivity index (χ0) is 18.4. The molecule has 0 aromatic heterocycles. The number of nitro benzene ring substituents is 1. The van der Waals surface area contributed by atoms with Crippen LogP contribution in [0.4, 0.5) is 5.69 Å². The molecule has 1 atom stereocenters. The molecule has 0 heterocycles. The van der Waals surface area contributed by atoms with Crippen LogP contribution >= 0.6 is 11.6 Å². The topological polar surface area (TPSA) is 90.7 Å². The Labute approximate surface area is 149 Å². The van der Waals surface area contributed by atoms with Gasteiger partial charge in [0.25, 0.3) is 11.6 Å². The van der Waals surface area contributed by atoms with Gasteiger partial charge < -0.3 is 14.8 Å². The maximum atomic E-state index is 12.3. The molecule has 1 amide bonds. The quantitative estimate of drug-likeness (QED) is 0.600. The highest BCUT2D eigenvalue weighted by Gasteiger charge is 2.17. The number of nitro groups is 1. The van der Waals surface area contributed by atoms with Gasteiger partial charge in [0.05, 0.1) is 28.7 Å². The average molecular weight is 365 g/mol. The predicted molar refractivity (Wildman–Crippen MR) is 93.5 cm³/mol. The molecule has 0 radical (unpaired) electrons. The van der Waals surface area contributed by atoms with Crippen molar-refractivity contribution in [2.45, 2.75) is 13.0 Å².